The van der Waals surface area contributed by atoms with E-state index in [0.29, 0.717) is 12.0 Å². The number of primary amides is 2. The van der Waals surface area contributed by atoms with Gasteiger partial charge in [-0.05, 0) is 37.0 Å². The Morgan fingerprint density at radius 3 is 2.22 bits per heavy atom. The smallest absolute Gasteiger partial charge is 0.326 e. The predicted octanol–water partition coefficient (Wildman–Crippen LogP) is -2.55. The molecule has 0 bridgehead atoms. The second kappa shape index (κ2) is 13.2. The first-order chi connectivity index (χ1) is 17.4. The molecule has 5 amide bonds. The fourth-order valence-electron chi connectivity index (χ4n) is 3.97. The number of benzene rings is 1. The molecule has 1 fully saturated rings. The number of hydrogen-bond donors (Lipinski definition) is 7. The van der Waals surface area contributed by atoms with Crippen molar-refractivity contribution in [2.45, 2.75) is 62.7 Å². The van der Waals surface area contributed by atoms with Crippen molar-refractivity contribution in [2.24, 2.45) is 17.2 Å². The van der Waals surface area contributed by atoms with Gasteiger partial charge in [-0.2, -0.15) is 0 Å². The Labute approximate surface area is 212 Å². The molecular formula is C23H32N6O8. The Balaban J connectivity index is 2.22. The lowest BCUT2D eigenvalue weighted by Crippen LogP contribution is -2.57. The van der Waals surface area contributed by atoms with Gasteiger partial charge < -0.3 is 42.9 Å². The largest absolute Gasteiger partial charge is 0.508 e. The molecule has 0 spiro atoms. The molecule has 1 saturated heterocycles. The van der Waals surface area contributed by atoms with Crippen LogP contribution in [0.3, 0.4) is 0 Å². The van der Waals surface area contributed by atoms with Gasteiger partial charge in [-0.1, -0.05) is 12.1 Å². The number of likely N-dealkylation sites (tertiary alicyclic amines) is 1. The van der Waals surface area contributed by atoms with Crippen LogP contribution in [0.5, 0.6) is 5.75 Å². The monoisotopic (exact) mass is 520 g/mol. The van der Waals surface area contributed by atoms with Crippen molar-refractivity contribution >= 4 is 35.5 Å². The molecule has 0 aliphatic carbocycles. The summed E-state index contributed by atoms with van der Waals surface area (Å²) in [5, 5.41) is 23.8. The van der Waals surface area contributed by atoms with Gasteiger partial charge in [-0.3, -0.25) is 24.0 Å². The number of aliphatic carboxylic acids is 1. The first kappa shape index (κ1) is 29.0. The highest BCUT2D eigenvalue weighted by atomic mass is 16.4. The molecule has 14 nitrogen and oxygen atoms in total. The van der Waals surface area contributed by atoms with Crippen LogP contribution in [0.1, 0.15) is 37.7 Å². The number of rotatable bonds is 13. The Morgan fingerprint density at radius 1 is 1.00 bits per heavy atom. The molecule has 0 aromatic heterocycles. The summed E-state index contributed by atoms with van der Waals surface area (Å²) < 4.78 is 0. The van der Waals surface area contributed by atoms with Gasteiger partial charge in [-0.15, -0.1) is 0 Å². The third kappa shape index (κ3) is 8.75. The van der Waals surface area contributed by atoms with Gasteiger partial charge in [0.25, 0.3) is 0 Å². The molecule has 4 atom stereocenters. The maximum atomic E-state index is 13.5. The molecule has 1 aromatic carbocycles. The van der Waals surface area contributed by atoms with Crippen LogP contribution in [0.15, 0.2) is 24.3 Å². The minimum atomic E-state index is -1.38. The average molecular weight is 521 g/mol. The van der Waals surface area contributed by atoms with Crippen LogP contribution in [0.4, 0.5) is 0 Å². The lowest BCUT2D eigenvalue weighted by molar-refractivity contribution is -0.145. The van der Waals surface area contributed by atoms with E-state index in [2.05, 4.69) is 10.6 Å². The predicted molar refractivity (Wildman–Crippen MR) is 128 cm³/mol. The van der Waals surface area contributed by atoms with E-state index < -0.39 is 66.1 Å². The van der Waals surface area contributed by atoms with E-state index in [1.165, 1.54) is 17.0 Å². The van der Waals surface area contributed by atoms with Crippen molar-refractivity contribution in [1.29, 1.82) is 0 Å². The fraction of sp³-hybridized carbons (Fsp3) is 0.478. The number of nitrogens with zero attached hydrogens (tertiary/aromatic N) is 1. The quantitative estimate of drug-likeness (QED) is 0.144. The number of carboxylic acid groups (broad SMARTS) is 1. The number of carboxylic acids is 1. The molecule has 1 heterocycles. The summed E-state index contributed by atoms with van der Waals surface area (Å²) in [5.41, 5.74) is 16.5. The molecule has 1 aliphatic heterocycles. The van der Waals surface area contributed by atoms with E-state index in [0.717, 1.165) is 0 Å². The summed E-state index contributed by atoms with van der Waals surface area (Å²) in [6, 6.07) is 1.04. The highest BCUT2D eigenvalue weighted by Crippen LogP contribution is 2.21. The zero-order valence-electron chi connectivity index (χ0n) is 20.1. The SMILES string of the molecule is NC(=O)CCC(NC(=O)C1CCCN1C(=O)C(Cc1ccc(O)cc1)NC(=O)C(N)CC(N)=O)C(=O)O. The minimum Gasteiger partial charge on any atom is -0.508 e. The number of aromatic hydroxyl groups is 1. The molecule has 2 rings (SSSR count). The Bertz CT molecular complexity index is 1030. The van der Waals surface area contributed by atoms with Gasteiger partial charge in [0.1, 0.15) is 23.9 Å². The van der Waals surface area contributed by atoms with Gasteiger partial charge >= 0.3 is 5.97 Å². The molecule has 0 radical (unpaired) electrons. The van der Waals surface area contributed by atoms with Gasteiger partial charge in [0.15, 0.2) is 0 Å². The Morgan fingerprint density at radius 2 is 1.65 bits per heavy atom. The molecule has 10 N–H and O–H groups in total. The summed E-state index contributed by atoms with van der Waals surface area (Å²) in [6.07, 6.45) is -0.228. The molecule has 14 heteroatoms. The van der Waals surface area contributed by atoms with Gasteiger partial charge in [0, 0.05) is 19.4 Å². The number of carbonyl (C=O) groups excluding carboxylic acids is 5. The Kier molecular flexibility index (Phi) is 10.4. The summed E-state index contributed by atoms with van der Waals surface area (Å²) in [7, 11) is 0. The number of phenolic OH excluding ortho intramolecular Hbond substituents is 1. The number of nitrogens with two attached hydrogens (primary N) is 3. The molecule has 202 valence electrons. The third-order valence-corrected chi connectivity index (χ3v) is 5.88. The van der Waals surface area contributed by atoms with E-state index in [4.69, 9.17) is 17.2 Å². The van der Waals surface area contributed by atoms with Crippen molar-refractivity contribution in [3.63, 3.8) is 0 Å². The molecule has 1 aliphatic rings. The first-order valence-electron chi connectivity index (χ1n) is 11.6. The normalized spacial score (nSPS) is 17.3. The lowest BCUT2D eigenvalue weighted by atomic mass is 10.0. The third-order valence-electron chi connectivity index (χ3n) is 5.88. The van der Waals surface area contributed by atoms with Crippen LogP contribution < -0.4 is 27.8 Å². The fourth-order valence-corrected chi connectivity index (χ4v) is 3.97. The summed E-state index contributed by atoms with van der Waals surface area (Å²) in [4.78, 5) is 74.0. The van der Waals surface area contributed by atoms with E-state index in [1.54, 1.807) is 12.1 Å². The summed E-state index contributed by atoms with van der Waals surface area (Å²) in [5.74, 6) is -5.01. The zero-order valence-corrected chi connectivity index (χ0v) is 20.1. The molecule has 37 heavy (non-hydrogen) atoms. The summed E-state index contributed by atoms with van der Waals surface area (Å²) in [6.45, 7) is 0.172. The van der Waals surface area contributed by atoms with Crippen molar-refractivity contribution in [3.8, 4) is 5.75 Å². The lowest BCUT2D eigenvalue weighted by Gasteiger charge is -2.30. The molecule has 1 aromatic rings. The summed E-state index contributed by atoms with van der Waals surface area (Å²) >= 11 is 0. The first-order valence-corrected chi connectivity index (χ1v) is 11.6. The minimum absolute atomic E-state index is 0.000240. The van der Waals surface area contributed by atoms with Crippen molar-refractivity contribution in [1.82, 2.24) is 15.5 Å². The zero-order chi connectivity index (χ0) is 27.7. The molecule has 0 saturated carbocycles. The van der Waals surface area contributed by atoms with Crippen LogP contribution in [0.25, 0.3) is 0 Å². The highest BCUT2D eigenvalue weighted by Gasteiger charge is 2.39. The number of amides is 5. The average Bonchev–Trinajstić information content (AvgIpc) is 3.31. The highest BCUT2D eigenvalue weighted by molar-refractivity contribution is 5.95. The number of hydrogen-bond acceptors (Lipinski definition) is 8. The Hall–Kier alpha value is -4.20. The van der Waals surface area contributed by atoms with E-state index in [-0.39, 0.29) is 38.0 Å². The van der Waals surface area contributed by atoms with Gasteiger partial charge in [0.05, 0.1) is 12.5 Å². The maximum absolute atomic E-state index is 13.5. The van der Waals surface area contributed by atoms with Crippen LogP contribution >= 0.6 is 0 Å². The molecule has 4 unspecified atom stereocenters. The number of phenols is 1. The van der Waals surface area contributed by atoms with E-state index >= 15 is 0 Å². The van der Waals surface area contributed by atoms with Crippen LogP contribution in [0, 0.1) is 0 Å². The van der Waals surface area contributed by atoms with E-state index in [9.17, 15) is 39.0 Å². The second-order valence-corrected chi connectivity index (χ2v) is 8.80. The topological polar surface area (TPSA) is 248 Å². The van der Waals surface area contributed by atoms with E-state index in [1.807, 2.05) is 0 Å². The van der Waals surface area contributed by atoms with Crippen molar-refractivity contribution in [3.05, 3.63) is 29.8 Å². The number of nitrogens with one attached hydrogen (secondary N) is 2. The number of carbonyl (C=O) groups is 6. The van der Waals surface area contributed by atoms with Crippen LogP contribution in [-0.2, 0) is 35.2 Å². The van der Waals surface area contributed by atoms with Gasteiger partial charge in [-0.25, -0.2) is 4.79 Å². The van der Waals surface area contributed by atoms with Crippen LogP contribution in [-0.4, -0.2) is 81.3 Å². The van der Waals surface area contributed by atoms with Crippen molar-refractivity contribution < 1.29 is 39.0 Å². The maximum Gasteiger partial charge on any atom is 0.326 e. The van der Waals surface area contributed by atoms with Crippen molar-refractivity contribution in [2.75, 3.05) is 6.54 Å². The standard InChI is InChI=1S/C23H32N6O8/c24-14(11-19(26)32)20(33)28-16(10-12-3-5-13(30)6-4-12)22(35)29-9-1-2-17(29)21(34)27-15(23(36)37)7-8-18(25)31/h3-6,14-17,30H,1-2,7-11,24H2,(H2,25,31)(H2,26,32)(H,27,34)(H,28,33)(H,36,37). The van der Waals surface area contributed by atoms with Gasteiger partial charge in [0.2, 0.25) is 29.5 Å². The van der Waals surface area contributed by atoms with Crippen LogP contribution in [0.2, 0.25) is 0 Å². The second-order valence-electron chi connectivity index (χ2n) is 8.80. The molecular weight excluding hydrogens is 488 g/mol.